The average molecular weight is 434 g/mol. The van der Waals surface area contributed by atoms with E-state index in [0.717, 1.165) is 0 Å². The van der Waals surface area contributed by atoms with E-state index in [9.17, 15) is 18.0 Å². The van der Waals surface area contributed by atoms with Crippen molar-refractivity contribution >= 4 is 39.0 Å². The summed E-state index contributed by atoms with van der Waals surface area (Å²) in [5, 5.41) is 2.78. The Labute approximate surface area is 172 Å². The highest BCUT2D eigenvalue weighted by molar-refractivity contribution is 7.90. The van der Waals surface area contributed by atoms with Crippen LogP contribution in [0.5, 0.6) is 0 Å². The van der Waals surface area contributed by atoms with Gasteiger partial charge in [-0.1, -0.05) is 29.8 Å². The zero-order valence-electron chi connectivity index (χ0n) is 15.2. The molecule has 1 heterocycles. The summed E-state index contributed by atoms with van der Waals surface area (Å²) in [6.07, 6.45) is 0. The fraction of sp³-hybridized carbons (Fsp3) is 0.100. The van der Waals surface area contributed by atoms with Crippen LogP contribution in [-0.2, 0) is 20.3 Å². The minimum atomic E-state index is -3.86. The van der Waals surface area contributed by atoms with Crippen LogP contribution < -0.4 is 5.32 Å². The second-order valence-corrected chi connectivity index (χ2v) is 8.38. The number of methoxy groups -OCH3 is 1. The van der Waals surface area contributed by atoms with Crippen molar-refractivity contribution < 1.29 is 27.2 Å². The van der Waals surface area contributed by atoms with Crippen LogP contribution in [0.1, 0.15) is 26.7 Å². The molecule has 0 unspecified atom stereocenters. The van der Waals surface area contributed by atoms with Gasteiger partial charge in [-0.05, 0) is 42.5 Å². The maximum atomic E-state index is 12.7. The quantitative estimate of drug-likeness (QED) is 0.590. The summed E-state index contributed by atoms with van der Waals surface area (Å²) < 4.78 is 35.2. The molecule has 1 aromatic heterocycles. The molecule has 0 bridgehead atoms. The second kappa shape index (κ2) is 8.50. The minimum absolute atomic E-state index is 0.0197. The smallest absolute Gasteiger partial charge is 0.373 e. The Morgan fingerprint density at radius 3 is 2.48 bits per heavy atom. The van der Waals surface area contributed by atoms with Crippen LogP contribution in [0.4, 0.5) is 5.69 Å². The summed E-state index contributed by atoms with van der Waals surface area (Å²) in [6, 6.07) is 15.3. The van der Waals surface area contributed by atoms with Crippen molar-refractivity contribution in [1.82, 2.24) is 0 Å². The third kappa shape index (κ3) is 4.85. The summed E-state index contributed by atoms with van der Waals surface area (Å²) in [7, 11) is -2.67. The van der Waals surface area contributed by atoms with E-state index in [1.54, 1.807) is 30.3 Å². The van der Waals surface area contributed by atoms with E-state index in [2.05, 4.69) is 10.1 Å². The summed E-state index contributed by atoms with van der Waals surface area (Å²) >= 11 is 6.10. The average Bonchev–Trinajstić information content (AvgIpc) is 3.16. The van der Waals surface area contributed by atoms with Gasteiger partial charge in [-0.2, -0.15) is 0 Å². The molecule has 3 rings (SSSR count). The third-order valence-electron chi connectivity index (χ3n) is 3.95. The number of hydrogen-bond donors (Lipinski definition) is 1. The van der Waals surface area contributed by atoms with Gasteiger partial charge in [0.05, 0.1) is 22.6 Å². The Bertz CT molecular complexity index is 1150. The molecule has 0 saturated heterocycles. The summed E-state index contributed by atoms with van der Waals surface area (Å²) in [4.78, 5) is 23.9. The Hall–Kier alpha value is -3.10. The number of furan rings is 1. The Balaban J connectivity index is 1.84. The van der Waals surface area contributed by atoms with E-state index >= 15 is 0 Å². The van der Waals surface area contributed by atoms with Crippen LogP contribution in [-0.4, -0.2) is 27.4 Å². The molecule has 0 aliphatic rings. The first kappa shape index (κ1) is 20.6. The molecule has 1 N–H and O–H groups in total. The fourth-order valence-corrected chi connectivity index (χ4v) is 4.00. The lowest BCUT2D eigenvalue weighted by Crippen LogP contribution is -2.14. The zero-order valence-corrected chi connectivity index (χ0v) is 16.8. The van der Waals surface area contributed by atoms with Crippen LogP contribution in [0.2, 0.25) is 5.02 Å². The molecule has 7 nitrogen and oxygen atoms in total. The summed E-state index contributed by atoms with van der Waals surface area (Å²) in [5.74, 6) is -1.78. The van der Waals surface area contributed by atoms with Crippen molar-refractivity contribution in [3.05, 3.63) is 82.8 Å². The molecule has 0 radical (unpaired) electrons. The zero-order chi connectivity index (χ0) is 21.0. The highest BCUT2D eigenvalue weighted by atomic mass is 35.5. The molecule has 3 aromatic rings. The first-order chi connectivity index (χ1) is 13.8. The maximum Gasteiger partial charge on any atom is 0.373 e. The molecule has 0 aliphatic heterocycles. The highest BCUT2D eigenvalue weighted by Crippen LogP contribution is 2.25. The molecule has 0 atom stereocenters. The van der Waals surface area contributed by atoms with Gasteiger partial charge < -0.3 is 14.5 Å². The van der Waals surface area contributed by atoms with Crippen molar-refractivity contribution in [1.29, 1.82) is 0 Å². The number of para-hydroxylation sites is 1. The van der Waals surface area contributed by atoms with E-state index in [-0.39, 0.29) is 27.0 Å². The first-order valence-corrected chi connectivity index (χ1v) is 10.4. The van der Waals surface area contributed by atoms with Gasteiger partial charge in [0.15, 0.2) is 9.84 Å². The van der Waals surface area contributed by atoms with Crippen molar-refractivity contribution in [3.63, 3.8) is 0 Å². The van der Waals surface area contributed by atoms with Crippen LogP contribution in [0.3, 0.4) is 0 Å². The monoisotopic (exact) mass is 433 g/mol. The lowest BCUT2D eigenvalue weighted by molar-refractivity contribution is 0.0563. The predicted octanol–water partition coefficient (Wildman–Crippen LogP) is 3.95. The van der Waals surface area contributed by atoms with Crippen molar-refractivity contribution in [2.45, 2.75) is 10.6 Å². The van der Waals surface area contributed by atoms with Crippen LogP contribution in [0.25, 0.3) is 0 Å². The van der Waals surface area contributed by atoms with Crippen LogP contribution in [0, 0.1) is 0 Å². The van der Waals surface area contributed by atoms with Gasteiger partial charge in [0, 0.05) is 5.69 Å². The van der Waals surface area contributed by atoms with Gasteiger partial charge in [-0.15, -0.1) is 0 Å². The predicted molar refractivity (Wildman–Crippen MR) is 107 cm³/mol. The van der Waals surface area contributed by atoms with Crippen molar-refractivity contribution in [2.24, 2.45) is 0 Å². The van der Waals surface area contributed by atoms with E-state index in [1.165, 1.54) is 37.4 Å². The Morgan fingerprint density at radius 1 is 1.07 bits per heavy atom. The standard InChI is InChI=1S/C20H16ClNO6S/c1-27-20(24)18-10-7-14(28-18)12-29(25,26)15-8-9-17(21)16(11-15)19(23)22-13-5-3-2-4-6-13/h2-11H,12H2,1H3,(H,22,23). The number of hydrogen-bond acceptors (Lipinski definition) is 6. The number of carbonyl (C=O) groups is 2. The molecule has 0 aliphatic carbocycles. The van der Waals surface area contributed by atoms with Crippen LogP contribution in [0.15, 0.2) is 70.0 Å². The number of benzene rings is 2. The fourth-order valence-electron chi connectivity index (χ4n) is 2.53. The van der Waals surface area contributed by atoms with Crippen LogP contribution >= 0.6 is 11.6 Å². The van der Waals surface area contributed by atoms with Gasteiger partial charge in [0.2, 0.25) is 5.76 Å². The van der Waals surface area contributed by atoms with Gasteiger partial charge in [-0.25, -0.2) is 13.2 Å². The summed E-state index contributed by atoms with van der Waals surface area (Å²) in [6.45, 7) is 0. The SMILES string of the molecule is COC(=O)c1ccc(CS(=O)(=O)c2ccc(Cl)c(C(=O)Nc3ccccc3)c2)o1. The number of amides is 1. The lowest BCUT2D eigenvalue weighted by atomic mass is 10.2. The van der Waals surface area contributed by atoms with E-state index in [1.807, 2.05) is 0 Å². The first-order valence-electron chi connectivity index (χ1n) is 8.36. The van der Waals surface area contributed by atoms with Gasteiger partial charge in [-0.3, -0.25) is 4.79 Å². The maximum absolute atomic E-state index is 12.7. The number of rotatable bonds is 6. The van der Waals surface area contributed by atoms with Gasteiger partial charge in [0.1, 0.15) is 11.5 Å². The number of carbonyl (C=O) groups excluding carboxylic acids is 2. The number of ether oxygens (including phenoxy) is 1. The number of esters is 1. The molecule has 9 heteroatoms. The lowest BCUT2D eigenvalue weighted by Gasteiger charge is -2.09. The van der Waals surface area contributed by atoms with E-state index < -0.39 is 27.5 Å². The van der Waals surface area contributed by atoms with Crippen molar-refractivity contribution in [2.75, 3.05) is 12.4 Å². The number of sulfone groups is 1. The van der Waals surface area contributed by atoms with Gasteiger partial charge >= 0.3 is 5.97 Å². The topological polar surface area (TPSA) is 103 Å². The van der Waals surface area contributed by atoms with E-state index in [4.69, 9.17) is 16.0 Å². The highest BCUT2D eigenvalue weighted by Gasteiger charge is 2.22. The summed E-state index contributed by atoms with van der Waals surface area (Å²) in [5.41, 5.74) is 0.569. The Morgan fingerprint density at radius 2 is 1.79 bits per heavy atom. The van der Waals surface area contributed by atoms with Gasteiger partial charge in [0.25, 0.3) is 5.91 Å². The number of nitrogens with one attached hydrogen (secondary N) is 1. The van der Waals surface area contributed by atoms with E-state index in [0.29, 0.717) is 5.69 Å². The molecular weight excluding hydrogens is 418 g/mol. The Kier molecular flexibility index (Phi) is 6.05. The molecule has 0 spiro atoms. The molecule has 150 valence electrons. The molecule has 0 fully saturated rings. The molecule has 2 aromatic carbocycles. The molecule has 1 amide bonds. The molecule has 0 saturated carbocycles. The molecular formula is C20H16ClNO6S. The third-order valence-corrected chi connectivity index (χ3v) is 5.92. The second-order valence-electron chi connectivity index (χ2n) is 5.98. The number of anilines is 1. The minimum Gasteiger partial charge on any atom is -0.463 e. The molecule has 29 heavy (non-hydrogen) atoms. The van der Waals surface area contributed by atoms with Crippen molar-refractivity contribution in [3.8, 4) is 0 Å². The number of halogens is 1. The normalized spacial score (nSPS) is 11.1. The largest absolute Gasteiger partial charge is 0.463 e.